The van der Waals surface area contributed by atoms with Crippen molar-refractivity contribution in [1.82, 2.24) is 14.5 Å². The van der Waals surface area contributed by atoms with Crippen LogP contribution in [0, 0.1) is 6.92 Å². The maximum atomic E-state index is 12.0. The number of nitrogens with zero attached hydrogens (tertiary/aromatic N) is 3. The number of anilines is 1. The molecule has 0 amide bonds. The summed E-state index contributed by atoms with van der Waals surface area (Å²) < 4.78 is 1.94. The van der Waals surface area contributed by atoms with Crippen LogP contribution < -0.4 is 10.9 Å². The molecule has 0 saturated heterocycles. The van der Waals surface area contributed by atoms with Crippen LogP contribution in [0.1, 0.15) is 11.5 Å². The van der Waals surface area contributed by atoms with Crippen molar-refractivity contribution in [2.24, 2.45) is 0 Å². The largest absolute Gasteiger partial charge is 0.373 e. The molecule has 7 heteroatoms. The Balaban J connectivity index is 2.47. The zero-order valence-electron chi connectivity index (χ0n) is 10.4. The highest BCUT2D eigenvalue weighted by molar-refractivity contribution is 9.10. The quantitative estimate of drug-likeness (QED) is 0.930. The summed E-state index contributed by atoms with van der Waals surface area (Å²) in [6.45, 7) is 2.05. The van der Waals surface area contributed by atoms with Crippen molar-refractivity contribution in [1.29, 1.82) is 0 Å². The van der Waals surface area contributed by atoms with Crippen LogP contribution >= 0.6 is 27.5 Å². The summed E-state index contributed by atoms with van der Waals surface area (Å²) in [4.78, 5) is 20.5. The van der Waals surface area contributed by atoms with Gasteiger partial charge in [0, 0.05) is 13.2 Å². The van der Waals surface area contributed by atoms with Crippen LogP contribution in [-0.4, -0.2) is 21.6 Å². The van der Waals surface area contributed by atoms with Crippen molar-refractivity contribution in [2.45, 2.75) is 13.5 Å². The van der Waals surface area contributed by atoms with Gasteiger partial charge in [-0.3, -0.25) is 9.36 Å². The smallest absolute Gasteiger partial charge is 0.268 e. The molecule has 0 aromatic carbocycles. The number of hydrogen-bond donors (Lipinski definition) is 1. The van der Waals surface area contributed by atoms with E-state index < -0.39 is 0 Å². The predicted molar refractivity (Wildman–Crippen MR) is 78.8 cm³/mol. The van der Waals surface area contributed by atoms with Crippen LogP contribution in [0.3, 0.4) is 0 Å². The Morgan fingerprint density at radius 3 is 2.89 bits per heavy atom. The highest BCUT2D eigenvalue weighted by Gasteiger charge is 2.10. The Labute approximate surface area is 123 Å². The SMILES string of the molecule is CNc1ccc(Cl)c(Cn2c(C)ncc(Br)c2=O)n1. The zero-order chi connectivity index (χ0) is 14.0. The number of aryl methyl sites for hydroxylation is 1. The fraction of sp³-hybridized carbons (Fsp3) is 0.250. The van der Waals surface area contributed by atoms with Crippen molar-refractivity contribution in [3.8, 4) is 0 Å². The molecule has 0 aliphatic heterocycles. The number of hydrogen-bond acceptors (Lipinski definition) is 4. The van der Waals surface area contributed by atoms with Crippen molar-refractivity contribution >= 4 is 33.3 Å². The molecule has 2 aromatic rings. The number of rotatable bonds is 3. The van der Waals surface area contributed by atoms with Crippen LogP contribution in [0.15, 0.2) is 27.6 Å². The molecular weight excluding hydrogens is 332 g/mol. The van der Waals surface area contributed by atoms with E-state index in [4.69, 9.17) is 11.6 Å². The molecule has 0 aliphatic rings. The van der Waals surface area contributed by atoms with Gasteiger partial charge in [0.25, 0.3) is 5.56 Å². The molecule has 0 fully saturated rings. The lowest BCUT2D eigenvalue weighted by molar-refractivity contribution is 0.682. The monoisotopic (exact) mass is 342 g/mol. The van der Waals surface area contributed by atoms with Crippen LogP contribution in [0.2, 0.25) is 5.02 Å². The van der Waals surface area contributed by atoms with Gasteiger partial charge < -0.3 is 5.32 Å². The first-order chi connectivity index (χ1) is 9.02. The van der Waals surface area contributed by atoms with E-state index in [1.165, 1.54) is 10.8 Å². The average Bonchev–Trinajstić information content (AvgIpc) is 2.41. The second-order valence-electron chi connectivity index (χ2n) is 3.92. The number of halogens is 2. The summed E-state index contributed by atoms with van der Waals surface area (Å²) in [6.07, 6.45) is 1.49. The van der Waals surface area contributed by atoms with Crippen molar-refractivity contribution in [3.05, 3.63) is 49.7 Å². The molecule has 0 spiro atoms. The standard InChI is InChI=1S/C12H12BrClN4O/c1-7-16-5-8(13)12(19)18(7)6-10-9(14)3-4-11(15-2)17-10/h3-5H,6H2,1-2H3,(H,15,17). The third kappa shape index (κ3) is 2.96. The Morgan fingerprint density at radius 2 is 2.21 bits per heavy atom. The van der Waals surface area contributed by atoms with Gasteiger partial charge in [-0.05, 0) is 35.0 Å². The zero-order valence-corrected chi connectivity index (χ0v) is 12.8. The Bertz CT molecular complexity index is 671. The molecule has 2 heterocycles. The molecule has 100 valence electrons. The van der Waals surface area contributed by atoms with Gasteiger partial charge in [-0.1, -0.05) is 11.6 Å². The molecule has 0 saturated carbocycles. The molecule has 19 heavy (non-hydrogen) atoms. The van der Waals surface area contributed by atoms with Crippen LogP contribution in [0.4, 0.5) is 5.82 Å². The van der Waals surface area contributed by atoms with E-state index in [1.54, 1.807) is 26.1 Å². The summed E-state index contributed by atoms with van der Waals surface area (Å²) in [5.74, 6) is 1.31. The average molecular weight is 344 g/mol. The van der Waals surface area contributed by atoms with Gasteiger partial charge >= 0.3 is 0 Å². The van der Waals surface area contributed by atoms with Gasteiger partial charge in [0.1, 0.15) is 16.1 Å². The van der Waals surface area contributed by atoms with Gasteiger partial charge in [0.15, 0.2) is 0 Å². The highest BCUT2D eigenvalue weighted by Crippen LogP contribution is 2.17. The second kappa shape index (κ2) is 5.71. The number of nitrogens with one attached hydrogen (secondary N) is 1. The summed E-state index contributed by atoms with van der Waals surface area (Å²) in [5, 5.41) is 3.46. The van der Waals surface area contributed by atoms with Gasteiger partial charge in [-0.15, -0.1) is 0 Å². The Morgan fingerprint density at radius 1 is 1.47 bits per heavy atom. The molecule has 2 rings (SSSR count). The van der Waals surface area contributed by atoms with Gasteiger partial charge in [-0.25, -0.2) is 9.97 Å². The maximum absolute atomic E-state index is 12.0. The van der Waals surface area contributed by atoms with Crippen LogP contribution in [-0.2, 0) is 6.54 Å². The van der Waals surface area contributed by atoms with E-state index in [0.29, 0.717) is 26.8 Å². The Hall–Kier alpha value is -1.40. The molecule has 5 nitrogen and oxygen atoms in total. The second-order valence-corrected chi connectivity index (χ2v) is 5.18. The summed E-state index contributed by atoms with van der Waals surface area (Å²) in [6, 6.07) is 3.53. The fourth-order valence-corrected chi connectivity index (χ4v) is 2.10. The lowest BCUT2D eigenvalue weighted by Gasteiger charge is -2.11. The van der Waals surface area contributed by atoms with Crippen molar-refractivity contribution in [3.63, 3.8) is 0 Å². The first-order valence-corrected chi connectivity index (χ1v) is 6.75. The molecule has 0 atom stereocenters. The molecular formula is C12H12BrClN4O. The van der Waals surface area contributed by atoms with Crippen molar-refractivity contribution < 1.29 is 0 Å². The van der Waals surface area contributed by atoms with Gasteiger partial charge in [-0.2, -0.15) is 0 Å². The molecule has 1 N–H and O–H groups in total. The third-order valence-corrected chi connectivity index (χ3v) is 3.58. The van der Waals surface area contributed by atoms with E-state index in [2.05, 4.69) is 31.2 Å². The van der Waals surface area contributed by atoms with E-state index in [0.717, 1.165) is 0 Å². The fourth-order valence-electron chi connectivity index (χ4n) is 1.62. The van der Waals surface area contributed by atoms with E-state index in [1.807, 2.05) is 0 Å². The summed E-state index contributed by atoms with van der Waals surface area (Å²) >= 11 is 9.29. The summed E-state index contributed by atoms with van der Waals surface area (Å²) in [5.41, 5.74) is 0.471. The third-order valence-electron chi connectivity index (χ3n) is 2.69. The predicted octanol–water partition coefficient (Wildman–Crippen LogP) is 2.45. The minimum absolute atomic E-state index is 0.153. The first kappa shape index (κ1) is 14.0. The highest BCUT2D eigenvalue weighted by atomic mass is 79.9. The lowest BCUT2D eigenvalue weighted by atomic mass is 10.3. The molecule has 0 bridgehead atoms. The molecule has 2 aromatic heterocycles. The Kier molecular flexibility index (Phi) is 4.21. The first-order valence-electron chi connectivity index (χ1n) is 5.58. The minimum atomic E-state index is -0.153. The van der Waals surface area contributed by atoms with E-state index >= 15 is 0 Å². The molecule has 0 unspecified atom stereocenters. The molecule has 0 radical (unpaired) electrons. The maximum Gasteiger partial charge on any atom is 0.268 e. The number of pyridine rings is 1. The number of aromatic nitrogens is 3. The topological polar surface area (TPSA) is 59.8 Å². The van der Waals surface area contributed by atoms with E-state index in [9.17, 15) is 4.79 Å². The van der Waals surface area contributed by atoms with Gasteiger partial charge in [0.05, 0.1) is 17.3 Å². The lowest BCUT2D eigenvalue weighted by Crippen LogP contribution is -2.25. The van der Waals surface area contributed by atoms with E-state index in [-0.39, 0.29) is 12.1 Å². The molecule has 0 aliphatic carbocycles. The van der Waals surface area contributed by atoms with Crippen LogP contribution in [0.25, 0.3) is 0 Å². The van der Waals surface area contributed by atoms with Crippen molar-refractivity contribution in [2.75, 3.05) is 12.4 Å². The summed E-state index contributed by atoms with van der Waals surface area (Å²) in [7, 11) is 1.78. The minimum Gasteiger partial charge on any atom is -0.373 e. The van der Waals surface area contributed by atoms with Gasteiger partial charge in [0.2, 0.25) is 0 Å². The van der Waals surface area contributed by atoms with Crippen LogP contribution in [0.5, 0.6) is 0 Å². The normalized spacial score (nSPS) is 10.5.